The number of guanidine groups is 1. The summed E-state index contributed by atoms with van der Waals surface area (Å²) in [4.78, 5) is 13.8. The van der Waals surface area contributed by atoms with Crippen molar-refractivity contribution in [1.82, 2.24) is 20.5 Å². The van der Waals surface area contributed by atoms with Crippen LogP contribution >= 0.6 is 24.0 Å². The van der Waals surface area contributed by atoms with E-state index in [-0.39, 0.29) is 24.0 Å². The maximum Gasteiger partial charge on any atom is 0.191 e. The van der Waals surface area contributed by atoms with Gasteiger partial charge in [0.25, 0.3) is 0 Å². The number of nitrogens with one attached hydrogen (secondary N) is 2. The number of aromatic nitrogens is 1. The van der Waals surface area contributed by atoms with Crippen LogP contribution in [0, 0.1) is 0 Å². The molecule has 6 nitrogen and oxygen atoms in total. The number of pyridine rings is 1. The van der Waals surface area contributed by atoms with Crippen LogP contribution in [0.2, 0.25) is 0 Å². The van der Waals surface area contributed by atoms with Crippen molar-refractivity contribution in [2.24, 2.45) is 4.99 Å². The highest BCUT2D eigenvalue weighted by atomic mass is 127. The van der Waals surface area contributed by atoms with E-state index in [1.807, 2.05) is 19.3 Å². The van der Waals surface area contributed by atoms with Crippen LogP contribution in [0.5, 0.6) is 0 Å². The van der Waals surface area contributed by atoms with Crippen molar-refractivity contribution >= 4 is 35.8 Å². The molecule has 154 valence electrons. The highest BCUT2D eigenvalue weighted by Crippen LogP contribution is 2.18. The maximum absolute atomic E-state index is 4.65. The van der Waals surface area contributed by atoms with Crippen LogP contribution in [-0.4, -0.2) is 62.2 Å². The molecule has 2 rings (SSSR count). The molecule has 7 heteroatoms. The third kappa shape index (κ3) is 8.21. The fourth-order valence-corrected chi connectivity index (χ4v) is 3.25. The fraction of sp³-hybridized carbons (Fsp3) is 0.700. The summed E-state index contributed by atoms with van der Waals surface area (Å²) in [7, 11) is 4.01. The molecule has 2 N–H and O–H groups in total. The van der Waals surface area contributed by atoms with Crippen molar-refractivity contribution in [3.05, 3.63) is 23.9 Å². The summed E-state index contributed by atoms with van der Waals surface area (Å²) >= 11 is 0. The second-order valence-electron chi connectivity index (χ2n) is 7.24. The van der Waals surface area contributed by atoms with E-state index in [1.165, 1.54) is 31.2 Å². The number of unbranched alkanes of at least 4 members (excludes halogenated alkanes) is 2. The zero-order valence-electron chi connectivity index (χ0n) is 17.4. The Balaban J connectivity index is 0.00000364. The molecule has 0 aromatic carbocycles. The molecular formula is C20H37IN6. The number of likely N-dealkylation sites (N-methyl/N-ethyl adjacent to an activating group) is 1. The lowest BCUT2D eigenvalue weighted by Crippen LogP contribution is -2.45. The summed E-state index contributed by atoms with van der Waals surface area (Å²) < 4.78 is 0. The zero-order chi connectivity index (χ0) is 18.8. The first-order valence-electron chi connectivity index (χ1n) is 9.98. The summed E-state index contributed by atoms with van der Waals surface area (Å²) in [5, 5.41) is 6.96. The van der Waals surface area contributed by atoms with E-state index in [1.54, 1.807) is 0 Å². The van der Waals surface area contributed by atoms with Gasteiger partial charge >= 0.3 is 0 Å². The molecular weight excluding hydrogens is 451 g/mol. The molecule has 27 heavy (non-hydrogen) atoms. The first-order valence-corrected chi connectivity index (χ1v) is 9.98. The summed E-state index contributed by atoms with van der Waals surface area (Å²) in [5.74, 6) is 1.96. The standard InChI is InChI=1S/C20H36N6.HI/c1-5-6-7-9-17(2)24-20(21-3)23-16-18-10-8-11-22-19(18)26-14-12-25(4)13-15-26;/h8,10-11,17H,5-7,9,12-16H2,1-4H3,(H2,21,23,24);1H. The van der Waals surface area contributed by atoms with E-state index in [0.717, 1.165) is 44.5 Å². The van der Waals surface area contributed by atoms with Crippen molar-refractivity contribution in [1.29, 1.82) is 0 Å². The predicted octanol–water partition coefficient (Wildman–Crippen LogP) is 3.09. The smallest absolute Gasteiger partial charge is 0.191 e. The number of anilines is 1. The van der Waals surface area contributed by atoms with Crippen LogP contribution in [0.3, 0.4) is 0 Å². The zero-order valence-corrected chi connectivity index (χ0v) is 19.7. The number of piperazine rings is 1. The SMILES string of the molecule is CCCCCC(C)NC(=NC)NCc1cccnc1N1CCN(C)CC1.I. The first kappa shape index (κ1) is 23.9. The second kappa shape index (κ2) is 13.1. The van der Waals surface area contributed by atoms with E-state index in [9.17, 15) is 0 Å². The van der Waals surface area contributed by atoms with Crippen LogP contribution in [0.15, 0.2) is 23.3 Å². The second-order valence-corrected chi connectivity index (χ2v) is 7.24. The lowest BCUT2D eigenvalue weighted by Gasteiger charge is -2.34. The molecule has 1 saturated heterocycles. The largest absolute Gasteiger partial charge is 0.354 e. The Hall–Kier alpha value is -1.09. The van der Waals surface area contributed by atoms with Crippen molar-refractivity contribution in [2.45, 2.75) is 52.1 Å². The van der Waals surface area contributed by atoms with Gasteiger partial charge in [0.2, 0.25) is 0 Å². The molecule has 1 unspecified atom stereocenters. The van der Waals surface area contributed by atoms with Crippen molar-refractivity contribution in [3.8, 4) is 0 Å². The van der Waals surface area contributed by atoms with Gasteiger partial charge in [-0.2, -0.15) is 0 Å². The Morgan fingerprint density at radius 1 is 1.26 bits per heavy atom. The topological polar surface area (TPSA) is 55.8 Å². The van der Waals surface area contributed by atoms with Gasteiger partial charge in [0, 0.05) is 57.6 Å². The molecule has 1 aliphatic rings. The Morgan fingerprint density at radius 2 is 2.00 bits per heavy atom. The third-order valence-corrected chi connectivity index (χ3v) is 4.96. The monoisotopic (exact) mass is 488 g/mol. The number of hydrogen-bond donors (Lipinski definition) is 2. The van der Waals surface area contributed by atoms with Crippen molar-refractivity contribution in [2.75, 3.05) is 45.2 Å². The van der Waals surface area contributed by atoms with E-state index < -0.39 is 0 Å². The van der Waals surface area contributed by atoms with Crippen molar-refractivity contribution in [3.63, 3.8) is 0 Å². The van der Waals surface area contributed by atoms with Gasteiger partial charge in [-0.25, -0.2) is 4.98 Å². The van der Waals surface area contributed by atoms with Gasteiger partial charge in [-0.05, 0) is 26.5 Å². The Bertz CT molecular complexity index is 557. The molecule has 0 spiro atoms. The quantitative estimate of drug-likeness (QED) is 0.255. The highest BCUT2D eigenvalue weighted by molar-refractivity contribution is 14.0. The molecule has 1 aliphatic heterocycles. The predicted molar refractivity (Wildman–Crippen MR) is 126 cm³/mol. The highest BCUT2D eigenvalue weighted by Gasteiger charge is 2.18. The molecule has 1 aromatic rings. The van der Waals surface area contributed by atoms with E-state index in [0.29, 0.717) is 6.04 Å². The van der Waals surface area contributed by atoms with Crippen LogP contribution in [0.25, 0.3) is 0 Å². The summed E-state index contributed by atoms with van der Waals surface area (Å²) in [5.41, 5.74) is 1.22. The van der Waals surface area contributed by atoms with Crippen LogP contribution in [0.4, 0.5) is 5.82 Å². The minimum Gasteiger partial charge on any atom is -0.354 e. The summed E-state index contributed by atoms with van der Waals surface area (Å²) in [6, 6.07) is 4.60. The van der Waals surface area contributed by atoms with Gasteiger partial charge in [-0.3, -0.25) is 4.99 Å². The number of hydrogen-bond acceptors (Lipinski definition) is 4. The van der Waals surface area contributed by atoms with Crippen LogP contribution in [-0.2, 0) is 6.54 Å². The number of rotatable bonds is 8. The minimum atomic E-state index is 0. The molecule has 0 saturated carbocycles. The lowest BCUT2D eigenvalue weighted by atomic mass is 10.1. The Kier molecular flexibility index (Phi) is 11.7. The van der Waals surface area contributed by atoms with Gasteiger partial charge in [0.05, 0.1) is 0 Å². The number of aliphatic imine (C=N–C) groups is 1. The maximum atomic E-state index is 4.65. The molecule has 0 radical (unpaired) electrons. The molecule has 1 aromatic heterocycles. The molecule has 1 fully saturated rings. The normalized spacial score (nSPS) is 16.6. The molecule has 0 amide bonds. The number of halogens is 1. The van der Waals surface area contributed by atoms with Gasteiger partial charge in [0.15, 0.2) is 5.96 Å². The minimum absolute atomic E-state index is 0. The fourth-order valence-electron chi connectivity index (χ4n) is 3.25. The molecule has 2 heterocycles. The van der Waals surface area contributed by atoms with E-state index in [2.05, 4.69) is 57.4 Å². The van der Waals surface area contributed by atoms with Crippen molar-refractivity contribution < 1.29 is 0 Å². The third-order valence-electron chi connectivity index (χ3n) is 4.96. The van der Waals surface area contributed by atoms with E-state index >= 15 is 0 Å². The van der Waals surface area contributed by atoms with Gasteiger partial charge in [-0.1, -0.05) is 32.3 Å². The number of nitrogens with zero attached hydrogens (tertiary/aromatic N) is 4. The first-order chi connectivity index (χ1) is 12.6. The van der Waals surface area contributed by atoms with Crippen LogP contribution in [0.1, 0.15) is 45.1 Å². The molecule has 1 atom stereocenters. The lowest BCUT2D eigenvalue weighted by molar-refractivity contribution is 0.312. The average Bonchev–Trinajstić information content (AvgIpc) is 2.66. The van der Waals surface area contributed by atoms with Gasteiger partial charge in [-0.15, -0.1) is 24.0 Å². The van der Waals surface area contributed by atoms with Gasteiger partial charge < -0.3 is 20.4 Å². The Labute approximate surface area is 182 Å². The van der Waals surface area contributed by atoms with Gasteiger partial charge in [0.1, 0.15) is 5.82 Å². The summed E-state index contributed by atoms with van der Waals surface area (Å²) in [6.45, 7) is 9.43. The molecule has 0 aliphatic carbocycles. The molecule has 0 bridgehead atoms. The summed E-state index contributed by atoms with van der Waals surface area (Å²) in [6.07, 6.45) is 6.88. The van der Waals surface area contributed by atoms with Crippen LogP contribution < -0.4 is 15.5 Å². The average molecular weight is 488 g/mol. The Morgan fingerprint density at radius 3 is 2.67 bits per heavy atom. The van der Waals surface area contributed by atoms with E-state index in [4.69, 9.17) is 0 Å².